The van der Waals surface area contributed by atoms with E-state index in [1.54, 1.807) is 6.07 Å². The van der Waals surface area contributed by atoms with Gasteiger partial charge >= 0.3 is 0 Å². The second-order valence-electron chi connectivity index (χ2n) is 7.08. The molecule has 0 spiro atoms. The van der Waals surface area contributed by atoms with Crippen LogP contribution in [-0.4, -0.2) is 35.1 Å². The fraction of sp³-hybridized carbons (Fsp3) is 0.579. The standard InChI is InChI=1S/C19H27FN4O/c1-13(14-5-4-9-21-12-14)11-18(25)22-10-8-17-23-19-15(20)6-3-7-16(19)24(17)2/h3,6-7,13-14,21H,4-5,8-12H2,1-2H3,(H,22,25). The monoisotopic (exact) mass is 346 g/mol. The average Bonchev–Trinajstić information content (AvgIpc) is 2.93. The molecule has 1 aromatic carbocycles. The van der Waals surface area contributed by atoms with E-state index in [-0.39, 0.29) is 11.7 Å². The fourth-order valence-electron chi connectivity index (χ4n) is 3.66. The molecule has 2 N–H and O–H groups in total. The minimum atomic E-state index is -0.307. The summed E-state index contributed by atoms with van der Waals surface area (Å²) < 4.78 is 15.7. The van der Waals surface area contributed by atoms with Crippen LogP contribution in [0.25, 0.3) is 11.0 Å². The van der Waals surface area contributed by atoms with Gasteiger partial charge in [0.05, 0.1) is 5.52 Å². The summed E-state index contributed by atoms with van der Waals surface area (Å²) in [5.74, 6) is 1.53. The Bertz CT molecular complexity index is 736. The number of nitrogens with zero attached hydrogens (tertiary/aromatic N) is 2. The van der Waals surface area contributed by atoms with Gasteiger partial charge in [-0.1, -0.05) is 13.0 Å². The molecule has 1 aliphatic heterocycles. The Morgan fingerprint density at radius 1 is 1.52 bits per heavy atom. The highest BCUT2D eigenvalue weighted by atomic mass is 19.1. The smallest absolute Gasteiger partial charge is 0.220 e. The molecule has 0 bridgehead atoms. The number of halogens is 1. The number of benzene rings is 1. The average molecular weight is 346 g/mol. The van der Waals surface area contributed by atoms with Gasteiger partial charge in [0.15, 0.2) is 5.82 Å². The number of aromatic nitrogens is 2. The molecule has 1 fully saturated rings. The third-order valence-electron chi connectivity index (χ3n) is 5.27. The maximum Gasteiger partial charge on any atom is 0.220 e. The van der Waals surface area contributed by atoms with Gasteiger partial charge in [-0.05, 0) is 49.9 Å². The number of rotatable bonds is 6. The highest BCUT2D eigenvalue weighted by Crippen LogP contribution is 2.22. The van der Waals surface area contributed by atoms with Crippen molar-refractivity contribution in [3.05, 3.63) is 29.8 Å². The maximum absolute atomic E-state index is 13.8. The minimum Gasteiger partial charge on any atom is -0.356 e. The second-order valence-corrected chi connectivity index (χ2v) is 7.08. The van der Waals surface area contributed by atoms with Crippen LogP contribution in [0.2, 0.25) is 0 Å². The lowest BCUT2D eigenvalue weighted by atomic mass is 9.85. The Morgan fingerprint density at radius 2 is 2.36 bits per heavy atom. The van der Waals surface area contributed by atoms with E-state index in [4.69, 9.17) is 0 Å². The number of hydrogen-bond donors (Lipinski definition) is 2. The molecule has 25 heavy (non-hydrogen) atoms. The van der Waals surface area contributed by atoms with Gasteiger partial charge in [0.25, 0.3) is 0 Å². The van der Waals surface area contributed by atoms with E-state index in [0.29, 0.717) is 36.7 Å². The normalized spacial score (nSPS) is 19.1. The summed E-state index contributed by atoms with van der Waals surface area (Å²) in [5, 5.41) is 6.38. The summed E-state index contributed by atoms with van der Waals surface area (Å²) in [5.41, 5.74) is 1.17. The number of hydrogen-bond acceptors (Lipinski definition) is 3. The van der Waals surface area contributed by atoms with Crippen molar-refractivity contribution in [1.29, 1.82) is 0 Å². The van der Waals surface area contributed by atoms with Crippen molar-refractivity contribution >= 4 is 16.9 Å². The summed E-state index contributed by atoms with van der Waals surface area (Å²) in [6.07, 6.45) is 3.55. The predicted molar refractivity (Wildman–Crippen MR) is 96.8 cm³/mol. The lowest BCUT2D eigenvalue weighted by Crippen LogP contribution is -2.36. The molecule has 0 saturated carbocycles. The van der Waals surface area contributed by atoms with Crippen LogP contribution < -0.4 is 10.6 Å². The first kappa shape index (κ1) is 17.9. The van der Waals surface area contributed by atoms with Gasteiger partial charge < -0.3 is 15.2 Å². The zero-order valence-corrected chi connectivity index (χ0v) is 15.0. The third-order valence-corrected chi connectivity index (χ3v) is 5.27. The molecule has 0 aliphatic carbocycles. The number of aryl methyl sites for hydroxylation is 1. The van der Waals surface area contributed by atoms with E-state index in [9.17, 15) is 9.18 Å². The van der Waals surface area contributed by atoms with E-state index in [1.807, 2.05) is 17.7 Å². The first-order valence-electron chi connectivity index (χ1n) is 9.13. The first-order valence-corrected chi connectivity index (χ1v) is 9.13. The van der Waals surface area contributed by atoms with Crippen molar-refractivity contribution in [2.24, 2.45) is 18.9 Å². The largest absolute Gasteiger partial charge is 0.356 e. The number of carbonyl (C=O) groups is 1. The zero-order chi connectivity index (χ0) is 17.8. The maximum atomic E-state index is 13.8. The van der Waals surface area contributed by atoms with Crippen LogP contribution in [0, 0.1) is 17.7 Å². The predicted octanol–water partition coefficient (Wildman–Crippen LogP) is 2.40. The number of piperidine rings is 1. The molecule has 2 unspecified atom stereocenters. The highest BCUT2D eigenvalue weighted by Gasteiger charge is 2.22. The van der Waals surface area contributed by atoms with Crippen molar-refractivity contribution in [1.82, 2.24) is 20.2 Å². The molecule has 1 amide bonds. The molecule has 5 nitrogen and oxygen atoms in total. The number of imidazole rings is 1. The Kier molecular flexibility index (Phi) is 5.68. The Labute approximate surface area is 148 Å². The molecule has 1 saturated heterocycles. The van der Waals surface area contributed by atoms with Crippen LogP contribution in [-0.2, 0) is 18.3 Å². The minimum absolute atomic E-state index is 0.0861. The number of nitrogens with one attached hydrogen (secondary N) is 2. The lowest BCUT2D eigenvalue weighted by molar-refractivity contribution is -0.122. The van der Waals surface area contributed by atoms with Crippen LogP contribution in [0.1, 0.15) is 32.0 Å². The van der Waals surface area contributed by atoms with Crippen molar-refractivity contribution in [3.63, 3.8) is 0 Å². The van der Waals surface area contributed by atoms with E-state index in [1.165, 1.54) is 18.9 Å². The summed E-state index contributed by atoms with van der Waals surface area (Å²) in [6, 6.07) is 4.96. The van der Waals surface area contributed by atoms with E-state index >= 15 is 0 Å². The lowest BCUT2D eigenvalue weighted by Gasteiger charge is -2.28. The molecule has 1 aromatic heterocycles. The Hall–Kier alpha value is -1.95. The molecule has 2 atom stereocenters. The molecular weight excluding hydrogens is 319 g/mol. The number of amides is 1. The quantitative estimate of drug-likeness (QED) is 0.844. The zero-order valence-electron chi connectivity index (χ0n) is 15.0. The topological polar surface area (TPSA) is 59.0 Å². The van der Waals surface area contributed by atoms with Gasteiger partial charge in [0.1, 0.15) is 11.3 Å². The fourth-order valence-corrected chi connectivity index (χ4v) is 3.66. The van der Waals surface area contributed by atoms with Crippen molar-refractivity contribution in [2.45, 2.75) is 32.6 Å². The molecule has 1 aliphatic rings. The van der Waals surface area contributed by atoms with Gasteiger partial charge in [0.2, 0.25) is 5.91 Å². The third kappa shape index (κ3) is 4.18. The van der Waals surface area contributed by atoms with Gasteiger partial charge in [-0.25, -0.2) is 9.37 Å². The molecule has 3 rings (SSSR count). The first-order chi connectivity index (χ1) is 12.1. The summed E-state index contributed by atoms with van der Waals surface area (Å²) in [4.78, 5) is 16.6. The Balaban J connectivity index is 1.50. The van der Waals surface area contributed by atoms with Crippen molar-refractivity contribution in [2.75, 3.05) is 19.6 Å². The van der Waals surface area contributed by atoms with E-state index < -0.39 is 0 Å². The van der Waals surface area contributed by atoms with E-state index in [2.05, 4.69) is 22.5 Å². The van der Waals surface area contributed by atoms with Crippen LogP contribution in [0.3, 0.4) is 0 Å². The van der Waals surface area contributed by atoms with Crippen molar-refractivity contribution < 1.29 is 9.18 Å². The molecule has 2 aromatic rings. The number of para-hydroxylation sites is 1. The summed E-state index contributed by atoms with van der Waals surface area (Å²) in [7, 11) is 1.88. The molecule has 6 heteroatoms. The second kappa shape index (κ2) is 7.95. The number of carbonyl (C=O) groups excluding carboxylic acids is 1. The molecule has 2 heterocycles. The number of fused-ring (bicyclic) bond motifs is 1. The van der Waals surface area contributed by atoms with Crippen LogP contribution in [0.15, 0.2) is 18.2 Å². The summed E-state index contributed by atoms with van der Waals surface area (Å²) in [6.45, 7) is 4.78. The highest BCUT2D eigenvalue weighted by molar-refractivity contribution is 5.77. The van der Waals surface area contributed by atoms with E-state index in [0.717, 1.165) is 24.4 Å². The Morgan fingerprint density at radius 3 is 3.08 bits per heavy atom. The van der Waals surface area contributed by atoms with Crippen LogP contribution >= 0.6 is 0 Å². The molecular formula is C19H27FN4O. The molecule has 0 radical (unpaired) electrons. The van der Waals surface area contributed by atoms with Gasteiger partial charge in [-0.15, -0.1) is 0 Å². The SMILES string of the molecule is CC(CC(=O)NCCc1nc2c(F)cccc2n1C)C1CCCNC1. The summed E-state index contributed by atoms with van der Waals surface area (Å²) >= 11 is 0. The van der Waals surface area contributed by atoms with Crippen LogP contribution in [0.4, 0.5) is 4.39 Å². The van der Waals surface area contributed by atoms with Crippen molar-refractivity contribution in [3.8, 4) is 0 Å². The molecule has 136 valence electrons. The van der Waals surface area contributed by atoms with Gasteiger partial charge in [-0.3, -0.25) is 4.79 Å². The van der Waals surface area contributed by atoms with Gasteiger partial charge in [-0.2, -0.15) is 0 Å². The van der Waals surface area contributed by atoms with Crippen LogP contribution in [0.5, 0.6) is 0 Å². The van der Waals surface area contributed by atoms with Gasteiger partial charge in [0, 0.05) is 26.4 Å².